The van der Waals surface area contributed by atoms with Gasteiger partial charge < -0.3 is 15.4 Å². The summed E-state index contributed by atoms with van der Waals surface area (Å²) in [6.07, 6.45) is -0.0775. The van der Waals surface area contributed by atoms with Crippen molar-refractivity contribution < 1.29 is 23.9 Å². The quantitative estimate of drug-likeness (QED) is 0.725. The van der Waals surface area contributed by atoms with Crippen molar-refractivity contribution in [3.63, 3.8) is 0 Å². The molecular weight excluding hydrogens is 362 g/mol. The fraction of sp³-hybridized carbons (Fsp3) is 0.200. The van der Waals surface area contributed by atoms with E-state index >= 15 is 0 Å². The Morgan fingerprint density at radius 2 is 1.57 bits per heavy atom. The number of carbonyl (C=O) groups excluding carboxylic acids is 4. The molecule has 2 aromatic rings. The number of carbonyl (C=O) groups is 4. The zero-order valence-corrected chi connectivity index (χ0v) is 15.3. The number of amides is 4. The minimum Gasteiger partial charge on any atom is -0.495 e. The minimum atomic E-state index is -0.576. The highest BCUT2D eigenvalue weighted by molar-refractivity contribution is 6.22. The van der Waals surface area contributed by atoms with E-state index in [2.05, 4.69) is 0 Å². The maximum atomic E-state index is 13.0. The van der Waals surface area contributed by atoms with Crippen LogP contribution in [0.15, 0.2) is 48.5 Å². The van der Waals surface area contributed by atoms with Gasteiger partial charge in [0.05, 0.1) is 23.9 Å². The van der Waals surface area contributed by atoms with Gasteiger partial charge in [0.1, 0.15) is 12.3 Å². The Morgan fingerprint density at radius 1 is 1.00 bits per heavy atom. The van der Waals surface area contributed by atoms with E-state index in [1.807, 2.05) is 0 Å². The normalized spacial score (nSPS) is 12.7. The molecule has 0 bridgehead atoms. The Bertz CT molecular complexity index is 921. The van der Waals surface area contributed by atoms with E-state index in [1.165, 1.54) is 12.0 Å². The standard InChI is InChI=1S/C20H19N3O5/c1-28-16-9-5-4-8-15(16)22(11-10-17(21)24)18(25)12-23-19(26)13-6-2-3-7-14(13)20(23)27/h2-9H,10-12H2,1H3,(H2,21,24). The number of imide groups is 1. The molecule has 3 rings (SSSR count). The summed E-state index contributed by atoms with van der Waals surface area (Å²) in [5.41, 5.74) is 6.18. The highest BCUT2D eigenvalue weighted by atomic mass is 16.5. The van der Waals surface area contributed by atoms with Crippen LogP contribution in [-0.2, 0) is 9.59 Å². The van der Waals surface area contributed by atoms with Crippen molar-refractivity contribution in [2.24, 2.45) is 5.73 Å². The molecule has 0 saturated heterocycles. The fourth-order valence-corrected chi connectivity index (χ4v) is 3.06. The van der Waals surface area contributed by atoms with E-state index in [0.29, 0.717) is 11.4 Å². The summed E-state index contributed by atoms with van der Waals surface area (Å²) in [5.74, 6) is -1.73. The summed E-state index contributed by atoms with van der Waals surface area (Å²) in [4.78, 5) is 51.5. The first-order chi connectivity index (χ1) is 13.4. The van der Waals surface area contributed by atoms with Crippen LogP contribution in [0.5, 0.6) is 5.75 Å². The van der Waals surface area contributed by atoms with E-state index in [1.54, 1.807) is 48.5 Å². The predicted molar refractivity (Wildman–Crippen MR) is 101 cm³/mol. The van der Waals surface area contributed by atoms with Gasteiger partial charge in [-0.05, 0) is 24.3 Å². The number of benzene rings is 2. The molecule has 0 aliphatic carbocycles. The molecule has 0 unspecified atom stereocenters. The molecule has 8 nitrogen and oxygen atoms in total. The molecule has 8 heteroatoms. The topological polar surface area (TPSA) is 110 Å². The van der Waals surface area contributed by atoms with Gasteiger partial charge in [-0.2, -0.15) is 0 Å². The highest BCUT2D eigenvalue weighted by Gasteiger charge is 2.37. The number of nitrogens with zero attached hydrogens (tertiary/aromatic N) is 2. The van der Waals surface area contributed by atoms with Crippen LogP contribution in [0.3, 0.4) is 0 Å². The van der Waals surface area contributed by atoms with Crippen molar-refractivity contribution in [2.45, 2.75) is 6.42 Å². The molecule has 0 saturated carbocycles. The second kappa shape index (κ2) is 7.91. The van der Waals surface area contributed by atoms with E-state index < -0.39 is 30.2 Å². The number of methoxy groups -OCH3 is 1. The molecule has 2 N–H and O–H groups in total. The lowest BCUT2D eigenvalue weighted by molar-refractivity contribution is -0.119. The van der Waals surface area contributed by atoms with E-state index in [-0.39, 0.29) is 24.1 Å². The van der Waals surface area contributed by atoms with E-state index in [0.717, 1.165) is 4.90 Å². The van der Waals surface area contributed by atoms with Gasteiger partial charge in [-0.1, -0.05) is 24.3 Å². The molecule has 1 aliphatic rings. The van der Waals surface area contributed by atoms with Crippen molar-refractivity contribution in [1.29, 1.82) is 0 Å². The molecule has 0 radical (unpaired) electrons. The molecule has 0 aromatic heterocycles. The van der Waals surface area contributed by atoms with Crippen LogP contribution in [0.2, 0.25) is 0 Å². The monoisotopic (exact) mass is 381 g/mol. The molecule has 0 fully saturated rings. The highest BCUT2D eigenvalue weighted by Crippen LogP contribution is 2.29. The van der Waals surface area contributed by atoms with Gasteiger partial charge >= 0.3 is 0 Å². The first-order valence-corrected chi connectivity index (χ1v) is 8.61. The van der Waals surface area contributed by atoms with Gasteiger partial charge in [0.25, 0.3) is 11.8 Å². The largest absolute Gasteiger partial charge is 0.495 e. The molecule has 4 amide bonds. The number of primary amides is 1. The van der Waals surface area contributed by atoms with Crippen molar-refractivity contribution in [3.8, 4) is 5.75 Å². The molecule has 1 heterocycles. The molecule has 0 atom stereocenters. The van der Waals surface area contributed by atoms with Gasteiger partial charge in [0, 0.05) is 13.0 Å². The van der Waals surface area contributed by atoms with Crippen LogP contribution in [0.4, 0.5) is 5.69 Å². The van der Waals surface area contributed by atoms with Crippen molar-refractivity contribution in [3.05, 3.63) is 59.7 Å². The number of anilines is 1. The maximum Gasteiger partial charge on any atom is 0.262 e. The summed E-state index contributed by atoms with van der Waals surface area (Å²) in [6.45, 7) is -0.457. The van der Waals surface area contributed by atoms with Gasteiger partial charge in [-0.15, -0.1) is 0 Å². The number of hydrogen-bond acceptors (Lipinski definition) is 5. The average molecular weight is 381 g/mol. The molecule has 28 heavy (non-hydrogen) atoms. The van der Waals surface area contributed by atoms with Crippen molar-refractivity contribution >= 4 is 29.3 Å². The Kier molecular flexibility index (Phi) is 5.39. The van der Waals surface area contributed by atoms with Crippen LogP contribution in [0.25, 0.3) is 0 Å². The van der Waals surface area contributed by atoms with Gasteiger partial charge in [-0.3, -0.25) is 24.1 Å². The lowest BCUT2D eigenvalue weighted by atomic mass is 10.1. The number of para-hydroxylation sites is 2. The Morgan fingerprint density at radius 3 is 2.14 bits per heavy atom. The minimum absolute atomic E-state index is 0.00227. The van der Waals surface area contributed by atoms with Crippen molar-refractivity contribution in [1.82, 2.24) is 4.90 Å². The third-order valence-corrected chi connectivity index (χ3v) is 4.43. The summed E-state index contributed by atoms with van der Waals surface area (Å²) in [5, 5.41) is 0. The first kappa shape index (κ1) is 19.1. The van der Waals surface area contributed by atoms with Crippen molar-refractivity contribution in [2.75, 3.05) is 25.1 Å². The number of fused-ring (bicyclic) bond motifs is 1. The zero-order valence-electron chi connectivity index (χ0n) is 15.3. The van der Waals surface area contributed by atoms with Gasteiger partial charge in [-0.25, -0.2) is 0 Å². The first-order valence-electron chi connectivity index (χ1n) is 8.61. The Labute approximate surface area is 161 Å². The van der Waals surface area contributed by atoms with Crippen LogP contribution in [0, 0.1) is 0 Å². The lowest BCUT2D eigenvalue weighted by Gasteiger charge is -2.26. The van der Waals surface area contributed by atoms with Gasteiger partial charge in [0.2, 0.25) is 11.8 Å². The summed E-state index contributed by atoms with van der Waals surface area (Å²) < 4.78 is 5.29. The number of rotatable bonds is 7. The molecule has 2 aromatic carbocycles. The molecular formula is C20H19N3O5. The number of hydrogen-bond donors (Lipinski definition) is 1. The molecule has 1 aliphatic heterocycles. The second-order valence-corrected chi connectivity index (χ2v) is 6.18. The summed E-state index contributed by atoms with van der Waals surface area (Å²) >= 11 is 0. The fourth-order valence-electron chi connectivity index (χ4n) is 3.06. The number of ether oxygens (including phenoxy) is 1. The second-order valence-electron chi connectivity index (χ2n) is 6.18. The predicted octanol–water partition coefficient (Wildman–Crippen LogP) is 1.20. The smallest absolute Gasteiger partial charge is 0.262 e. The number of nitrogens with two attached hydrogens (primary N) is 1. The van der Waals surface area contributed by atoms with Crippen LogP contribution < -0.4 is 15.4 Å². The summed E-state index contributed by atoms with van der Waals surface area (Å²) in [6, 6.07) is 13.2. The van der Waals surface area contributed by atoms with Crippen LogP contribution in [0.1, 0.15) is 27.1 Å². The summed E-state index contributed by atoms with van der Waals surface area (Å²) in [7, 11) is 1.46. The molecule has 144 valence electrons. The third-order valence-electron chi connectivity index (χ3n) is 4.43. The Balaban J connectivity index is 1.87. The van der Waals surface area contributed by atoms with Gasteiger partial charge in [0.15, 0.2) is 0 Å². The lowest BCUT2D eigenvalue weighted by Crippen LogP contribution is -2.44. The zero-order chi connectivity index (χ0) is 20.3. The Hall–Kier alpha value is -3.68. The maximum absolute atomic E-state index is 13.0. The van der Waals surface area contributed by atoms with E-state index in [9.17, 15) is 19.2 Å². The van der Waals surface area contributed by atoms with E-state index in [4.69, 9.17) is 10.5 Å². The van der Waals surface area contributed by atoms with Crippen LogP contribution in [-0.4, -0.2) is 48.7 Å². The molecule has 0 spiro atoms. The third kappa shape index (κ3) is 3.57. The SMILES string of the molecule is COc1ccccc1N(CCC(N)=O)C(=O)CN1C(=O)c2ccccc2C1=O. The average Bonchev–Trinajstić information content (AvgIpc) is 2.93. The van der Waals surface area contributed by atoms with Crippen LogP contribution >= 0.6 is 0 Å².